The predicted octanol–water partition coefficient (Wildman–Crippen LogP) is 5.11. The normalized spacial score (nSPS) is 10.7. The van der Waals surface area contributed by atoms with Crippen LogP contribution in [-0.4, -0.2) is 21.6 Å². The molecule has 0 aliphatic rings. The van der Waals surface area contributed by atoms with Gasteiger partial charge in [0.05, 0.1) is 17.1 Å². The Bertz CT molecular complexity index is 909. The maximum absolute atomic E-state index is 12.2. The Kier molecular flexibility index (Phi) is 6.16. The lowest BCUT2D eigenvalue weighted by Gasteiger charge is -2.07. The summed E-state index contributed by atoms with van der Waals surface area (Å²) in [5.41, 5.74) is 5.20. The molecule has 0 saturated carbocycles. The summed E-state index contributed by atoms with van der Waals surface area (Å²) in [4.78, 5) is 20.1. The van der Waals surface area contributed by atoms with E-state index in [1.807, 2.05) is 50.2 Å². The lowest BCUT2D eigenvalue weighted by Crippen LogP contribution is -2.14. The Labute approximate surface area is 166 Å². The van der Waals surface area contributed by atoms with Crippen molar-refractivity contribution in [3.63, 3.8) is 0 Å². The Morgan fingerprint density at radius 2 is 1.96 bits per heavy atom. The molecule has 0 unspecified atom stereocenters. The first-order valence-electron chi connectivity index (χ1n) is 8.29. The van der Waals surface area contributed by atoms with Crippen LogP contribution >= 0.6 is 27.7 Å². The first kappa shape index (κ1) is 18.7. The molecule has 0 spiro atoms. The third-order valence-electron chi connectivity index (χ3n) is 3.92. The Morgan fingerprint density at radius 3 is 2.69 bits per heavy atom. The quantitative estimate of drug-likeness (QED) is 0.535. The molecule has 1 aromatic heterocycles. The number of aryl methyl sites for hydroxylation is 2. The van der Waals surface area contributed by atoms with Crippen molar-refractivity contribution < 1.29 is 4.79 Å². The van der Waals surface area contributed by atoms with Gasteiger partial charge in [0.1, 0.15) is 0 Å². The van der Waals surface area contributed by atoms with Gasteiger partial charge in [0.25, 0.3) is 0 Å². The van der Waals surface area contributed by atoms with Crippen LogP contribution in [0.25, 0.3) is 0 Å². The van der Waals surface area contributed by atoms with Crippen molar-refractivity contribution in [1.29, 1.82) is 0 Å². The molecule has 1 amide bonds. The SMILES string of the molecule is Cc1ccc(NC(=O)CSc2nc(Cc3ccccc3)c(C)[nH]2)c(Br)c1. The number of aromatic nitrogens is 2. The average molecular weight is 430 g/mol. The Morgan fingerprint density at radius 1 is 1.19 bits per heavy atom. The Balaban J connectivity index is 1.57. The van der Waals surface area contributed by atoms with Crippen molar-refractivity contribution in [2.75, 3.05) is 11.1 Å². The molecule has 4 nitrogen and oxygen atoms in total. The zero-order valence-electron chi connectivity index (χ0n) is 14.7. The van der Waals surface area contributed by atoms with Crippen LogP contribution in [0.5, 0.6) is 0 Å². The molecule has 0 fully saturated rings. The van der Waals surface area contributed by atoms with Crippen LogP contribution < -0.4 is 5.32 Å². The van der Waals surface area contributed by atoms with Gasteiger partial charge in [-0.3, -0.25) is 4.79 Å². The fourth-order valence-corrected chi connectivity index (χ4v) is 3.87. The maximum Gasteiger partial charge on any atom is 0.234 e. The number of carbonyl (C=O) groups excluding carboxylic acids is 1. The first-order valence-corrected chi connectivity index (χ1v) is 10.1. The number of halogens is 1. The molecule has 3 aromatic rings. The van der Waals surface area contributed by atoms with Crippen molar-refractivity contribution in [1.82, 2.24) is 9.97 Å². The third kappa shape index (κ3) is 4.99. The van der Waals surface area contributed by atoms with Gasteiger partial charge in [0, 0.05) is 16.6 Å². The number of anilines is 1. The van der Waals surface area contributed by atoms with Crippen molar-refractivity contribution in [2.45, 2.75) is 25.4 Å². The molecule has 0 aliphatic carbocycles. The molecule has 3 rings (SSSR count). The minimum absolute atomic E-state index is 0.0572. The van der Waals surface area contributed by atoms with Gasteiger partial charge in [-0.2, -0.15) is 0 Å². The van der Waals surface area contributed by atoms with Crippen molar-refractivity contribution in [2.24, 2.45) is 0 Å². The summed E-state index contributed by atoms with van der Waals surface area (Å²) in [5.74, 6) is 0.246. The summed E-state index contributed by atoms with van der Waals surface area (Å²) < 4.78 is 0.884. The summed E-state index contributed by atoms with van der Waals surface area (Å²) in [7, 11) is 0. The number of carbonyl (C=O) groups is 1. The number of thioether (sulfide) groups is 1. The molecule has 0 radical (unpaired) electrons. The standard InChI is InChI=1S/C20H20BrN3OS/c1-13-8-9-17(16(21)10-13)23-19(25)12-26-20-22-14(2)18(24-20)11-15-6-4-3-5-7-15/h3-10H,11-12H2,1-2H3,(H,22,24)(H,23,25). The highest BCUT2D eigenvalue weighted by Gasteiger charge is 2.11. The van der Waals surface area contributed by atoms with E-state index in [0.717, 1.165) is 38.7 Å². The highest BCUT2D eigenvalue weighted by Crippen LogP contribution is 2.24. The van der Waals surface area contributed by atoms with Gasteiger partial charge in [-0.1, -0.05) is 48.2 Å². The van der Waals surface area contributed by atoms with E-state index in [-0.39, 0.29) is 5.91 Å². The fourth-order valence-electron chi connectivity index (χ4n) is 2.54. The predicted molar refractivity (Wildman–Crippen MR) is 111 cm³/mol. The second kappa shape index (κ2) is 8.56. The summed E-state index contributed by atoms with van der Waals surface area (Å²) in [6.45, 7) is 4.03. The monoisotopic (exact) mass is 429 g/mol. The summed E-state index contributed by atoms with van der Waals surface area (Å²) in [6, 6.07) is 16.1. The molecule has 2 N–H and O–H groups in total. The Hall–Kier alpha value is -2.05. The molecule has 0 saturated heterocycles. The summed E-state index contributed by atoms with van der Waals surface area (Å²) >= 11 is 4.88. The van der Waals surface area contributed by atoms with Gasteiger partial charge in [0.2, 0.25) is 5.91 Å². The molecule has 0 atom stereocenters. The number of H-pyrrole nitrogens is 1. The number of nitrogens with one attached hydrogen (secondary N) is 2. The lowest BCUT2D eigenvalue weighted by molar-refractivity contribution is -0.113. The van der Waals surface area contributed by atoms with Gasteiger partial charge >= 0.3 is 0 Å². The van der Waals surface area contributed by atoms with E-state index in [4.69, 9.17) is 0 Å². The molecule has 2 aromatic carbocycles. The number of benzene rings is 2. The number of amides is 1. The third-order valence-corrected chi connectivity index (χ3v) is 5.45. The van der Waals surface area contributed by atoms with E-state index in [0.29, 0.717) is 5.75 Å². The number of aromatic amines is 1. The van der Waals surface area contributed by atoms with E-state index in [2.05, 4.69) is 43.3 Å². The van der Waals surface area contributed by atoms with Crippen LogP contribution in [0.2, 0.25) is 0 Å². The zero-order valence-corrected chi connectivity index (χ0v) is 17.1. The zero-order chi connectivity index (χ0) is 18.5. The van der Waals surface area contributed by atoms with Crippen LogP contribution in [-0.2, 0) is 11.2 Å². The second-order valence-corrected chi connectivity index (χ2v) is 7.91. The van der Waals surface area contributed by atoms with Gasteiger partial charge in [-0.15, -0.1) is 0 Å². The van der Waals surface area contributed by atoms with Crippen LogP contribution in [0.3, 0.4) is 0 Å². The van der Waals surface area contributed by atoms with Gasteiger partial charge < -0.3 is 10.3 Å². The van der Waals surface area contributed by atoms with E-state index in [1.54, 1.807) is 0 Å². The van der Waals surface area contributed by atoms with E-state index < -0.39 is 0 Å². The van der Waals surface area contributed by atoms with Crippen molar-refractivity contribution in [3.8, 4) is 0 Å². The smallest absolute Gasteiger partial charge is 0.234 e. The highest BCUT2D eigenvalue weighted by molar-refractivity contribution is 9.10. The van der Waals surface area contributed by atoms with E-state index in [9.17, 15) is 4.79 Å². The number of hydrogen-bond acceptors (Lipinski definition) is 3. The molecular formula is C20H20BrN3OS. The van der Waals surface area contributed by atoms with Crippen LogP contribution in [0, 0.1) is 13.8 Å². The topological polar surface area (TPSA) is 57.8 Å². The molecular weight excluding hydrogens is 410 g/mol. The van der Waals surface area contributed by atoms with Crippen LogP contribution in [0.15, 0.2) is 58.2 Å². The van der Waals surface area contributed by atoms with Crippen molar-refractivity contribution >= 4 is 39.3 Å². The first-order chi connectivity index (χ1) is 12.5. The minimum atomic E-state index is -0.0572. The molecule has 1 heterocycles. The molecule has 0 bridgehead atoms. The number of hydrogen-bond donors (Lipinski definition) is 2. The molecule has 134 valence electrons. The second-order valence-electron chi connectivity index (χ2n) is 6.10. The van der Waals surface area contributed by atoms with Gasteiger partial charge in [0.15, 0.2) is 5.16 Å². The van der Waals surface area contributed by atoms with E-state index in [1.165, 1.54) is 17.3 Å². The largest absolute Gasteiger partial charge is 0.337 e. The van der Waals surface area contributed by atoms with Gasteiger partial charge in [-0.05, 0) is 53.0 Å². The van der Waals surface area contributed by atoms with Crippen molar-refractivity contribution in [3.05, 3.63) is 75.5 Å². The maximum atomic E-state index is 12.2. The minimum Gasteiger partial charge on any atom is -0.337 e. The number of imidazole rings is 1. The molecule has 26 heavy (non-hydrogen) atoms. The fraction of sp³-hybridized carbons (Fsp3) is 0.200. The van der Waals surface area contributed by atoms with E-state index >= 15 is 0 Å². The summed E-state index contributed by atoms with van der Waals surface area (Å²) in [6.07, 6.45) is 0.784. The molecule has 6 heteroatoms. The number of nitrogens with zero attached hydrogens (tertiary/aromatic N) is 1. The van der Waals surface area contributed by atoms with Crippen LogP contribution in [0.1, 0.15) is 22.5 Å². The highest BCUT2D eigenvalue weighted by atomic mass is 79.9. The molecule has 0 aliphatic heterocycles. The van der Waals surface area contributed by atoms with Gasteiger partial charge in [-0.25, -0.2) is 4.98 Å². The lowest BCUT2D eigenvalue weighted by atomic mass is 10.1. The summed E-state index contributed by atoms with van der Waals surface area (Å²) in [5, 5.41) is 3.69. The van der Waals surface area contributed by atoms with Crippen LogP contribution in [0.4, 0.5) is 5.69 Å². The average Bonchev–Trinajstić information content (AvgIpc) is 2.96. The number of rotatable bonds is 6.